The highest BCUT2D eigenvalue weighted by atomic mass is 16.6. The van der Waals surface area contributed by atoms with Crippen LogP contribution in [0.3, 0.4) is 0 Å². The van der Waals surface area contributed by atoms with E-state index in [1.54, 1.807) is 6.07 Å². The lowest BCUT2D eigenvalue weighted by atomic mass is 9.89. The molecule has 1 unspecified atom stereocenters. The van der Waals surface area contributed by atoms with Gasteiger partial charge in [-0.3, -0.25) is 10.1 Å². The van der Waals surface area contributed by atoms with Crippen LogP contribution in [0.4, 0.5) is 5.69 Å². The number of nitro groups is 1. The zero-order valence-corrected chi connectivity index (χ0v) is 14.4. The number of morpholine rings is 1. The van der Waals surface area contributed by atoms with Crippen LogP contribution in [-0.4, -0.2) is 35.8 Å². The van der Waals surface area contributed by atoms with E-state index in [0.717, 1.165) is 24.2 Å². The molecule has 4 atom stereocenters. The molecule has 0 aliphatic carbocycles. The van der Waals surface area contributed by atoms with Crippen LogP contribution in [0.2, 0.25) is 0 Å². The molecule has 23 heavy (non-hydrogen) atoms. The first-order chi connectivity index (χ1) is 10.7. The fraction of sp³-hybridized carbons (Fsp3) is 0.647. The number of rotatable bonds is 2. The van der Waals surface area contributed by atoms with Crippen LogP contribution in [0.1, 0.15) is 44.9 Å². The Labute approximate surface area is 136 Å². The number of hydrogen-bond donors (Lipinski definition) is 1. The van der Waals surface area contributed by atoms with Crippen LogP contribution in [0, 0.1) is 17.0 Å². The van der Waals surface area contributed by atoms with E-state index in [2.05, 4.69) is 13.8 Å². The molecule has 6 heteroatoms. The molecule has 6 nitrogen and oxygen atoms in total. The van der Waals surface area contributed by atoms with E-state index in [4.69, 9.17) is 9.47 Å². The van der Waals surface area contributed by atoms with Crippen molar-refractivity contribution in [2.45, 2.75) is 58.5 Å². The third kappa shape index (κ3) is 2.70. The Morgan fingerprint density at radius 2 is 1.87 bits per heavy atom. The van der Waals surface area contributed by atoms with Gasteiger partial charge >= 0.3 is 5.69 Å². The van der Waals surface area contributed by atoms with Crippen LogP contribution < -0.4 is 9.64 Å². The summed E-state index contributed by atoms with van der Waals surface area (Å²) in [7, 11) is 0. The molecule has 0 spiro atoms. The fourth-order valence-electron chi connectivity index (χ4n) is 4.21. The van der Waals surface area contributed by atoms with Crippen LogP contribution in [0.25, 0.3) is 0 Å². The number of nitrogens with one attached hydrogen (secondary N) is 1. The molecule has 2 aliphatic rings. The van der Waals surface area contributed by atoms with Gasteiger partial charge in [0, 0.05) is 6.07 Å². The van der Waals surface area contributed by atoms with Crippen LogP contribution >= 0.6 is 0 Å². The van der Waals surface area contributed by atoms with E-state index in [1.165, 1.54) is 4.90 Å². The van der Waals surface area contributed by atoms with Gasteiger partial charge in [0.25, 0.3) is 0 Å². The van der Waals surface area contributed by atoms with Gasteiger partial charge in [0.05, 0.1) is 10.5 Å². The van der Waals surface area contributed by atoms with E-state index >= 15 is 0 Å². The van der Waals surface area contributed by atoms with Gasteiger partial charge < -0.3 is 14.4 Å². The van der Waals surface area contributed by atoms with Crippen molar-refractivity contribution >= 4 is 5.69 Å². The number of hydrogen-bond acceptors (Lipinski definition) is 4. The van der Waals surface area contributed by atoms with Gasteiger partial charge in [0.15, 0.2) is 11.6 Å². The Balaban J connectivity index is 2.09. The van der Waals surface area contributed by atoms with Gasteiger partial charge in [-0.15, -0.1) is 0 Å². The maximum atomic E-state index is 11.4. The van der Waals surface area contributed by atoms with Gasteiger partial charge in [-0.25, -0.2) is 0 Å². The quantitative estimate of drug-likeness (QED) is 0.666. The fourth-order valence-corrected chi connectivity index (χ4v) is 4.21. The van der Waals surface area contributed by atoms with E-state index in [-0.39, 0.29) is 28.9 Å². The molecule has 1 fully saturated rings. The average Bonchev–Trinajstić information content (AvgIpc) is 2.69. The number of aryl methyl sites for hydroxylation is 1. The summed E-state index contributed by atoms with van der Waals surface area (Å²) in [5, 5.41) is 11.4. The Morgan fingerprint density at radius 1 is 1.26 bits per heavy atom. The summed E-state index contributed by atoms with van der Waals surface area (Å²) >= 11 is 0. The van der Waals surface area contributed by atoms with Gasteiger partial charge in [0.2, 0.25) is 5.75 Å². The maximum absolute atomic E-state index is 11.4. The summed E-state index contributed by atoms with van der Waals surface area (Å²) in [6, 6.07) is 3.46. The molecule has 2 aliphatic heterocycles. The molecule has 1 aromatic carbocycles. The van der Waals surface area contributed by atoms with Crippen molar-refractivity contribution in [2.75, 3.05) is 13.1 Å². The summed E-state index contributed by atoms with van der Waals surface area (Å²) in [4.78, 5) is 12.4. The molecule has 0 aromatic heterocycles. The summed E-state index contributed by atoms with van der Waals surface area (Å²) in [6.45, 7) is 12.0. The van der Waals surface area contributed by atoms with E-state index in [1.807, 2.05) is 26.8 Å². The van der Waals surface area contributed by atoms with Crippen molar-refractivity contribution in [1.29, 1.82) is 0 Å². The highest BCUT2D eigenvalue weighted by molar-refractivity contribution is 5.59. The first-order valence-corrected chi connectivity index (χ1v) is 8.17. The minimum Gasteiger partial charge on any atom is -0.474 e. The summed E-state index contributed by atoms with van der Waals surface area (Å²) in [5.74, 6) is 0.448. The molecule has 2 heterocycles. The largest absolute Gasteiger partial charge is 0.474 e. The molecule has 0 amide bonds. The number of nitrogens with zero attached hydrogens (tertiary/aromatic N) is 1. The van der Waals surface area contributed by atoms with Crippen molar-refractivity contribution in [1.82, 2.24) is 0 Å². The predicted molar refractivity (Wildman–Crippen MR) is 86.0 cm³/mol. The molecular weight excluding hydrogens is 296 g/mol. The standard InChI is InChI=1S/C17H24N2O4/c1-10-6-7-13(19(20)21)15-14(10)16(17(4,5)23-15)18-8-11(2)22-12(3)9-18/h6-7,11-12,16H,8-9H2,1-5H3/p+1/t11-,12+,16-/m1/s1. The Kier molecular flexibility index (Phi) is 3.84. The van der Waals surface area contributed by atoms with Crippen molar-refractivity contribution in [3.63, 3.8) is 0 Å². The summed E-state index contributed by atoms with van der Waals surface area (Å²) in [6.07, 6.45) is 0.347. The number of ether oxygens (including phenoxy) is 2. The lowest BCUT2D eigenvalue weighted by Gasteiger charge is -2.39. The Morgan fingerprint density at radius 3 is 2.43 bits per heavy atom. The van der Waals surface area contributed by atoms with Crippen molar-refractivity contribution in [2.24, 2.45) is 0 Å². The first-order valence-electron chi connectivity index (χ1n) is 8.17. The van der Waals surface area contributed by atoms with Gasteiger partial charge in [0.1, 0.15) is 25.3 Å². The predicted octanol–water partition coefficient (Wildman–Crippen LogP) is 1.81. The van der Waals surface area contributed by atoms with Gasteiger partial charge in [-0.05, 0) is 40.2 Å². The number of quaternary nitrogens is 1. The SMILES string of the molecule is Cc1ccc([N+](=O)[O-])c2c1[C@@H]([NH+]1C[C@@H](C)O[C@@H](C)C1)C(C)(C)O2. The monoisotopic (exact) mass is 321 g/mol. The maximum Gasteiger partial charge on any atom is 0.311 e. The van der Waals surface area contributed by atoms with Crippen LogP contribution in [-0.2, 0) is 4.74 Å². The average molecular weight is 321 g/mol. The van der Waals surface area contributed by atoms with E-state index in [9.17, 15) is 10.1 Å². The molecule has 1 saturated heterocycles. The van der Waals surface area contributed by atoms with Gasteiger partial charge in [-0.1, -0.05) is 6.07 Å². The second-order valence-corrected chi connectivity index (χ2v) is 7.36. The lowest BCUT2D eigenvalue weighted by Crippen LogP contribution is -3.17. The lowest BCUT2D eigenvalue weighted by molar-refractivity contribution is -0.950. The molecule has 1 N–H and O–H groups in total. The van der Waals surface area contributed by atoms with E-state index in [0.29, 0.717) is 5.75 Å². The molecular formula is C17H25N2O4+. The topological polar surface area (TPSA) is 66.0 Å². The molecule has 0 saturated carbocycles. The summed E-state index contributed by atoms with van der Waals surface area (Å²) in [5.41, 5.74) is 1.63. The van der Waals surface area contributed by atoms with Crippen LogP contribution in [0.5, 0.6) is 5.75 Å². The van der Waals surface area contributed by atoms with E-state index < -0.39 is 5.60 Å². The molecule has 3 rings (SSSR count). The Hall–Kier alpha value is -1.66. The normalized spacial score (nSPS) is 32.2. The number of benzene rings is 1. The molecule has 0 bridgehead atoms. The zero-order valence-electron chi connectivity index (χ0n) is 14.4. The molecule has 1 aromatic rings. The Bertz CT molecular complexity index is 634. The molecule has 126 valence electrons. The third-order valence-electron chi connectivity index (χ3n) is 4.91. The highest BCUT2D eigenvalue weighted by Gasteiger charge is 2.52. The zero-order chi connectivity index (χ0) is 16.9. The summed E-state index contributed by atoms with van der Waals surface area (Å²) < 4.78 is 12.0. The van der Waals surface area contributed by atoms with Crippen molar-refractivity contribution in [3.8, 4) is 5.75 Å². The molecule has 0 radical (unpaired) electrons. The smallest absolute Gasteiger partial charge is 0.311 e. The van der Waals surface area contributed by atoms with Gasteiger partial charge in [-0.2, -0.15) is 0 Å². The minimum absolute atomic E-state index is 0.0648. The number of nitro benzene ring substituents is 1. The third-order valence-corrected chi connectivity index (χ3v) is 4.91. The second kappa shape index (κ2) is 5.46. The van der Waals surface area contributed by atoms with Crippen molar-refractivity contribution in [3.05, 3.63) is 33.4 Å². The van der Waals surface area contributed by atoms with Crippen molar-refractivity contribution < 1.29 is 19.3 Å². The second-order valence-electron chi connectivity index (χ2n) is 7.36. The first kappa shape index (κ1) is 16.2. The number of fused-ring (bicyclic) bond motifs is 1. The van der Waals surface area contributed by atoms with Crippen LogP contribution in [0.15, 0.2) is 12.1 Å². The highest BCUT2D eigenvalue weighted by Crippen LogP contribution is 2.48. The minimum atomic E-state index is -0.481.